The second kappa shape index (κ2) is 5.86. The summed E-state index contributed by atoms with van der Waals surface area (Å²) in [5.74, 6) is 1.62. The van der Waals surface area contributed by atoms with Crippen molar-refractivity contribution in [2.45, 2.75) is 19.9 Å². The Hall–Kier alpha value is -1.87. The summed E-state index contributed by atoms with van der Waals surface area (Å²) in [6, 6.07) is 12.1. The fourth-order valence-corrected chi connectivity index (χ4v) is 2.71. The number of benzene rings is 2. The molecule has 0 aromatic heterocycles. The highest BCUT2D eigenvalue weighted by molar-refractivity contribution is 6.32. The van der Waals surface area contributed by atoms with Gasteiger partial charge >= 0.3 is 0 Å². The number of hydrogen-bond acceptors (Lipinski definition) is 3. The summed E-state index contributed by atoms with van der Waals surface area (Å²) in [5, 5.41) is 4.14. The molecule has 0 saturated heterocycles. The van der Waals surface area contributed by atoms with Gasteiger partial charge in [0.15, 0.2) is 0 Å². The van der Waals surface area contributed by atoms with Crippen molar-refractivity contribution in [2.75, 3.05) is 18.5 Å². The number of fused-ring (bicyclic) bond motifs is 1. The highest BCUT2D eigenvalue weighted by Crippen LogP contribution is 2.36. The fourth-order valence-electron chi connectivity index (χ4n) is 2.47. The van der Waals surface area contributed by atoms with E-state index < -0.39 is 0 Å². The molecule has 0 bridgehead atoms. The Morgan fingerprint density at radius 2 is 2.14 bits per heavy atom. The first-order chi connectivity index (χ1) is 10.2. The highest BCUT2D eigenvalue weighted by Gasteiger charge is 2.21. The zero-order valence-electron chi connectivity index (χ0n) is 12.2. The number of hydrogen-bond donors (Lipinski definition) is 1. The van der Waals surface area contributed by atoms with Crippen LogP contribution in [0.3, 0.4) is 0 Å². The summed E-state index contributed by atoms with van der Waals surface area (Å²) in [6.07, 6.45) is 0. The standard InChI is InChI=1S/C17H18ClNO2/c1-3-20-16-7-5-12(9-13(16)18)15-10-21-17-6-4-11(2)8-14(17)19-15/h4-9,15,19H,3,10H2,1-2H3/t15-/m0/s1. The maximum Gasteiger partial charge on any atom is 0.142 e. The van der Waals surface area contributed by atoms with E-state index in [0.29, 0.717) is 18.2 Å². The van der Waals surface area contributed by atoms with Crippen molar-refractivity contribution in [3.63, 3.8) is 0 Å². The van der Waals surface area contributed by atoms with Gasteiger partial charge in [0.1, 0.15) is 18.1 Å². The van der Waals surface area contributed by atoms with Crippen molar-refractivity contribution >= 4 is 17.3 Å². The molecule has 2 aromatic carbocycles. The molecule has 4 heteroatoms. The van der Waals surface area contributed by atoms with E-state index in [1.54, 1.807) is 0 Å². The summed E-state index contributed by atoms with van der Waals surface area (Å²) in [5.41, 5.74) is 3.32. The third-order valence-corrected chi connectivity index (χ3v) is 3.82. The molecule has 0 amide bonds. The van der Waals surface area contributed by atoms with Gasteiger partial charge in [0, 0.05) is 0 Å². The van der Waals surface area contributed by atoms with Gasteiger partial charge in [0.05, 0.1) is 23.4 Å². The summed E-state index contributed by atoms with van der Waals surface area (Å²) in [4.78, 5) is 0. The molecule has 3 nitrogen and oxygen atoms in total. The third-order valence-electron chi connectivity index (χ3n) is 3.53. The van der Waals surface area contributed by atoms with Crippen LogP contribution in [0.1, 0.15) is 24.1 Å². The molecule has 0 fully saturated rings. The molecule has 3 rings (SSSR count). The van der Waals surface area contributed by atoms with Crippen LogP contribution in [-0.4, -0.2) is 13.2 Å². The second-order valence-corrected chi connectivity index (χ2v) is 5.54. The van der Waals surface area contributed by atoms with Gasteiger partial charge in [-0.25, -0.2) is 0 Å². The Morgan fingerprint density at radius 1 is 1.29 bits per heavy atom. The van der Waals surface area contributed by atoms with Crippen molar-refractivity contribution < 1.29 is 9.47 Å². The molecular formula is C17H18ClNO2. The first kappa shape index (κ1) is 14.1. The van der Waals surface area contributed by atoms with Crippen LogP contribution in [0.5, 0.6) is 11.5 Å². The van der Waals surface area contributed by atoms with Crippen molar-refractivity contribution in [1.82, 2.24) is 0 Å². The molecule has 1 heterocycles. The van der Waals surface area contributed by atoms with E-state index in [1.165, 1.54) is 5.56 Å². The van der Waals surface area contributed by atoms with Crippen LogP contribution in [0.15, 0.2) is 36.4 Å². The Balaban J connectivity index is 1.84. The van der Waals surface area contributed by atoms with Gasteiger partial charge in [0.2, 0.25) is 0 Å². The second-order valence-electron chi connectivity index (χ2n) is 5.13. The van der Waals surface area contributed by atoms with Gasteiger partial charge in [-0.3, -0.25) is 0 Å². The molecule has 0 spiro atoms. The first-order valence-corrected chi connectivity index (χ1v) is 7.47. The minimum atomic E-state index is 0.0903. The lowest BCUT2D eigenvalue weighted by Crippen LogP contribution is -2.24. The SMILES string of the molecule is CCOc1ccc([C@@H]2COc3ccc(C)cc3N2)cc1Cl. The summed E-state index contributed by atoms with van der Waals surface area (Å²) in [6.45, 7) is 5.20. The number of anilines is 1. The lowest BCUT2D eigenvalue weighted by atomic mass is 10.0. The Bertz CT molecular complexity index is 657. The summed E-state index contributed by atoms with van der Waals surface area (Å²) < 4.78 is 11.3. The molecule has 0 unspecified atom stereocenters. The van der Waals surface area contributed by atoms with Crippen molar-refractivity contribution in [3.8, 4) is 11.5 Å². The largest absolute Gasteiger partial charge is 0.492 e. The Morgan fingerprint density at radius 3 is 2.90 bits per heavy atom. The quantitative estimate of drug-likeness (QED) is 0.899. The topological polar surface area (TPSA) is 30.5 Å². The first-order valence-electron chi connectivity index (χ1n) is 7.09. The van der Waals surface area contributed by atoms with Crippen LogP contribution >= 0.6 is 11.6 Å². The van der Waals surface area contributed by atoms with E-state index in [-0.39, 0.29) is 6.04 Å². The number of rotatable bonds is 3. The van der Waals surface area contributed by atoms with Crippen LogP contribution < -0.4 is 14.8 Å². The number of nitrogens with one attached hydrogen (secondary N) is 1. The molecule has 21 heavy (non-hydrogen) atoms. The van der Waals surface area contributed by atoms with Gasteiger partial charge in [-0.2, -0.15) is 0 Å². The average molecular weight is 304 g/mol. The van der Waals surface area contributed by atoms with Crippen molar-refractivity contribution in [3.05, 3.63) is 52.5 Å². The van der Waals surface area contributed by atoms with E-state index >= 15 is 0 Å². The van der Waals surface area contributed by atoms with Crippen LogP contribution in [0.25, 0.3) is 0 Å². The van der Waals surface area contributed by atoms with E-state index in [9.17, 15) is 0 Å². The van der Waals surface area contributed by atoms with E-state index in [2.05, 4.69) is 24.4 Å². The molecule has 1 N–H and O–H groups in total. The average Bonchev–Trinajstić information content (AvgIpc) is 2.48. The fraction of sp³-hybridized carbons (Fsp3) is 0.294. The monoisotopic (exact) mass is 303 g/mol. The van der Waals surface area contributed by atoms with Crippen LogP contribution in [0.4, 0.5) is 5.69 Å². The number of aryl methyl sites for hydroxylation is 1. The lowest BCUT2D eigenvalue weighted by Gasteiger charge is -2.28. The number of halogens is 1. The predicted molar refractivity (Wildman–Crippen MR) is 85.7 cm³/mol. The van der Waals surface area contributed by atoms with Gasteiger partial charge in [0.25, 0.3) is 0 Å². The molecule has 1 aliphatic heterocycles. The maximum absolute atomic E-state index is 6.26. The van der Waals surface area contributed by atoms with Crippen LogP contribution in [0.2, 0.25) is 5.02 Å². The van der Waals surface area contributed by atoms with Gasteiger partial charge in [-0.15, -0.1) is 0 Å². The zero-order valence-corrected chi connectivity index (χ0v) is 12.9. The summed E-state index contributed by atoms with van der Waals surface area (Å²) >= 11 is 6.26. The minimum Gasteiger partial charge on any atom is -0.492 e. The molecule has 1 aliphatic rings. The van der Waals surface area contributed by atoms with E-state index in [4.69, 9.17) is 21.1 Å². The number of ether oxygens (including phenoxy) is 2. The van der Waals surface area contributed by atoms with Crippen molar-refractivity contribution in [2.24, 2.45) is 0 Å². The third kappa shape index (κ3) is 2.93. The summed E-state index contributed by atoms with van der Waals surface area (Å²) in [7, 11) is 0. The molecule has 1 atom stereocenters. The zero-order chi connectivity index (χ0) is 14.8. The van der Waals surface area contributed by atoms with Crippen molar-refractivity contribution in [1.29, 1.82) is 0 Å². The smallest absolute Gasteiger partial charge is 0.142 e. The molecular weight excluding hydrogens is 286 g/mol. The van der Waals surface area contributed by atoms with Crippen LogP contribution in [0, 0.1) is 6.92 Å². The van der Waals surface area contributed by atoms with E-state index in [1.807, 2.05) is 31.2 Å². The normalized spacial score (nSPS) is 16.6. The van der Waals surface area contributed by atoms with Gasteiger partial charge in [-0.1, -0.05) is 23.7 Å². The molecule has 2 aromatic rings. The lowest BCUT2D eigenvalue weighted by molar-refractivity contribution is 0.286. The molecule has 0 saturated carbocycles. The molecule has 110 valence electrons. The van der Waals surface area contributed by atoms with E-state index in [0.717, 1.165) is 22.7 Å². The predicted octanol–water partition coefficient (Wildman–Crippen LogP) is 4.59. The molecule has 0 radical (unpaired) electrons. The molecule has 0 aliphatic carbocycles. The van der Waals surface area contributed by atoms with Gasteiger partial charge < -0.3 is 14.8 Å². The Labute approximate surface area is 129 Å². The Kier molecular flexibility index (Phi) is 3.93. The minimum absolute atomic E-state index is 0.0903. The highest BCUT2D eigenvalue weighted by atomic mass is 35.5. The van der Waals surface area contributed by atoms with Crippen LogP contribution in [-0.2, 0) is 0 Å². The van der Waals surface area contributed by atoms with Gasteiger partial charge in [-0.05, 0) is 49.2 Å². The maximum atomic E-state index is 6.26.